The Morgan fingerprint density at radius 1 is 1.32 bits per heavy atom. The Kier molecular flexibility index (Phi) is 3.73. The quantitative estimate of drug-likeness (QED) is 0.719. The Morgan fingerprint density at radius 2 is 2.04 bits per heavy atom. The second-order valence-electron chi connectivity index (χ2n) is 5.69. The van der Waals surface area contributed by atoms with Crippen molar-refractivity contribution in [2.45, 2.75) is 18.9 Å². The number of nitrogens with zero attached hydrogens (tertiary/aromatic N) is 1. The fourth-order valence-electron chi connectivity index (χ4n) is 2.50. The molecule has 1 fully saturated rings. The van der Waals surface area contributed by atoms with Gasteiger partial charge in [-0.1, -0.05) is 11.6 Å². The molecule has 0 aliphatic heterocycles. The van der Waals surface area contributed by atoms with E-state index < -0.39 is 17.4 Å². The molecule has 1 saturated carbocycles. The Hall–Kier alpha value is -2.80. The minimum atomic E-state index is -0.956. The molecule has 0 radical (unpaired) electrons. The SMILES string of the molecule is O=C(Oc1c[nH]c2c(F)c(-n3cccc3)c(Cl)cc2c1=O)OC1CC1. The van der Waals surface area contributed by atoms with E-state index in [1.165, 1.54) is 10.6 Å². The first-order valence-corrected chi connectivity index (χ1v) is 7.97. The van der Waals surface area contributed by atoms with Gasteiger partial charge in [-0.25, -0.2) is 9.18 Å². The number of fused-ring (bicyclic) bond motifs is 1. The summed E-state index contributed by atoms with van der Waals surface area (Å²) in [6.45, 7) is 0. The summed E-state index contributed by atoms with van der Waals surface area (Å²) in [4.78, 5) is 26.7. The molecule has 8 heteroatoms. The number of aromatic amines is 1. The number of H-pyrrole nitrogens is 1. The van der Waals surface area contributed by atoms with Crippen LogP contribution in [0.3, 0.4) is 0 Å². The Morgan fingerprint density at radius 3 is 2.72 bits per heavy atom. The molecule has 0 bridgehead atoms. The standard InChI is InChI=1S/C17H12ClFN2O4/c18-11-7-10-14(13(19)15(11)21-5-1-2-6-21)20-8-12(16(10)22)25-17(23)24-9-3-4-9/h1-2,5-9H,3-4H2,(H,20,22). The summed E-state index contributed by atoms with van der Waals surface area (Å²) < 4.78 is 26.2. The zero-order valence-electron chi connectivity index (χ0n) is 12.8. The van der Waals surface area contributed by atoms with Crippen molar-refractivity contribution in [3.63, 3.8) is 0 Å². The average Bonchev–Trinajstić information content (AvgIpc) is 3.21. The molecule has 128 valence electrons. The highest BCUT2D eigenvalue weighted by Gasteiger charge is 2.27. The summed E-state index contributed by atoms with van der Waals surface area (Å²) in [5.74, 6) is -0.953. The van der Waals surface area contributed by atoms with Gasteiger partial charge in [-0.3, -0.25) is 4.79 Å². The first-order chi connectivity index (χ1) is 12.0. The van der Waals surface area contributed by atoms with Gasteiger partial charge in [0, 0.05) is 18.6 Å². The largest absolute Gasteiger partial charge is 0.514 e. The topological polar surface area (TPSA) is 73.3 Å². The van der Waals surface area contributed by atoms with Gasteiger partial charge in [0.05, 0.1) is 15.9 Å². The lowest BCUT2D eigenvalue weighted by atomic mass is 10.1. The van der Waals surface area contributed by atoms with Gasteiger partial charge in [0.15, 0.2) is 11.6 Å². The van der Waals surface area contributed by atoms with E-state index in [-0.39, 0.29) is 33.5 Å². The zero-order chi connectivity index (χ0) is 17.6. The third kappa shape index (κ3) is 2.87. The number of nitrogens with one attached hydrogen (secondary N) is 1. The van der Waals surface area contributed by atoms with Gasteiger partial charge in [-0.05, 0) is 31.0 Å². The van der Waals surface area contributed by atoms with Crippen LogP contribution < -0.4 is 10.2 Å². The van der Waals surface area contributed by atoms with Gasteiger partial charge in [0.2, 0.25) is 5.43 Å². The average molecular weight is 363 g/mol. The number of pyridine rings is 1. The minimum Gasteiger partial charge on any atom is -0.431 e. The summed E-state index contributed by atoms with van der Waals surface area (Å²) >= 11 is 6.16. The van der Waals surface area contributed by atoms with Crippen LogP contribution in [0.4, 0.5) is 9.18 Å². The maximum atomic E-state index is 14.8. The van der Waals surface area contributed by atoms with E-state index >= 15 is 0 Å². The number of ether oxygens (including phenoxy) is 2. The molecule has 1 aliphatic carbocycles. The Labute approximate surface area is 145 Å². The second kappa shape index (κ2) is 5.93. The predicted octanol–water partition coefficient (Wildman–Crippen LogP) is 3.79. The summed E-state index contributed by atoms with van der Waals surface area (Å²) in [5.41, 5.74) is -0.556. The van der Waals surface area contributed by atoms with Crippen LogP contribution in [0.25, 0.3) is 16.6 Å². The highest BCUT2D eigenvalue weighted by molar-refractivity contribution is 6.33. The molecule has 1 aliphatic rings. The molecule has 3 aromatic rings. The third-order valence-electron chi connectivity index (χ3n) is 3.85. The number of aromatic nitrogens is 2. The second-order valence-corrected chi connectivity index (χ2v) is 6.09. The number of hydrogen-bond donors (Lipinski definition) is 1. The highest BCUT2D eigenvalue weighted by atomic mass is 35.5. The molecule has 0 spiro atoms. The summed E-state index contributed by atoms with van der Waals surface area (Å²) in [7, 11) is 0. The number of halogens is 2. The first kappa shape index (κ1) is 15.7. The van der Waals surface area contributed by atoms with Gasteiger partial charge in [0.25, 0.3) is 0 Å². The van der Waals surface area contributed by atoms with Crippen molar-refractivity contribution < 1.29 is 18.7 Å². The van der Waals surface area contributed by atoms with E-state index in [1.807, 2.05) is 0 Å². The lowest BCUT2D eigenvalue weighted by Crippen LogP contribution is -2.17. The van der Waals surface area contributed by atoms with Gasteiger partial charge >= 0.3 is 6.16 Å². The summed E-state index contributed by atoms with van der Waals surface area (Å²) in [6.07, 6.45) is 4.87. The van der Waals surface area contributed by atoms with E-state index in [0.29, 0.717) is 0 Å². The van der Waals surface area contributed by atoms with Crippen molar-refractivity contribution in [2.24, 2.45) is 0 Å². The van der Waals surface area contributed by atoms with Gasteiger partial charge in [-0.15, -0.1) is 0 Å². The molecule has 0 saturated heterocycles. The van der Waals surface area contributed by atoms with Crippen molar-refractivity contribution in [1.29, 1.82) is 0 Å². The molecular formula is C17H12ClFN2O4. The fourth-order valence-corrected chi connectivity index (χ4v) is 2.79. The molecule has 0 atom stereocenters. The number of rotatable bonds is 3. The van der Waals surface area contributed by atoms with Gasteiger partial charge in [0.1, 0.15) is 11.8 Å². The van der Waals surface area contributed by atoms with Gasteiger partial charge in [-0.2, -0.15) is 0 Å². The van der Waals surface area contributed by atoms with Crippen LogP contribution in [0, 0.1) is 5.82 Å². The highest BCUT2D eigenvalue weighted by Crippen LogP contribution is 2.30. The van der Waals surface area contributed by atoms with E-state index in [4.69, 9.17) is 21.1 Å². The maximum Gasteiger partial charge on any atom is 0.514 e. The van der Waals surface area contributed by atoms with Crippen LogP contribution in [0.2, 0.25) is 5.02 Å². The number of hydrogen-bond acceptors (Lipinski definition) is 4. The predicted molar refractivity (Wildman–Crippen MR) is 89.0 cm³/mol. The number of benzene rings is 1. The molecule has 1 aromatic carbocycles. The van der Waals surface area contributed by atoms with Crippen molar-refractivity contribution in [2.75, 3.05) is 0 Å². The molecule has 2 aromatic heterocycles. The molecule has 6 nitrogen and oxygen atoms in total. The van der Waals surface area contributed by atoms with Crippen molar-refractivity contribution >= 4 is 28.7 Å². The molecule has 25 heavy (non-hydrogen) atoms. The number of carbonyl (C=O) groups excluding carboxylic acids is 1. The van der Waals surface area contributed by atoms with Gasteiger partial charge < -0.3 is 19.0 Å². The van der Waals surface area contributed by atoms with E-state index in [2.05, 4.69) is 4.98 Å². The van der Waals surface area contributed by atoms with Crippen molar-refractivity contribution in [1.82, 2.24) is 9.55 Å². The molecule has 2 heterocycles. The summed E-state index contributed by atoms with van der Waals surface area (Å²) in [5, 5.41) is 0.0412. The zero-order valence-corrected chi connectivity index (χ0v) is 13.5. The normalized spacial score (nSPS) is 13.8. The number of carbonyl (C=O) groups is 1. The van der Waals surface area contributed by atoms with Crippen LogP contribution in [0.1, 0.15) is 12.8 Å². The van der Waals surface area contributed by atoms with E-state index in [1.54, 1.807) is 24.5 Å². The van der Waals surface area contributed by atoms with Crippen LogP contribution in [-0.2, 0) is 4.74 Å². The lowest BCUT2D eigenvalue weighted by molar-refractivity contribution is 0.0921. The first-order valence-electron chi connectivity index (χ1n) is 7.60. The third-order valence-corrected chi connectivity index (χ3v) is 4.14. The van der Waals surface area contributed by atoms with Crippen molar-refractivity contribution in [3.05, 3.63) is 57.9 Å². The fraction of sp³-hybridized carbons (Fsp3) is 0.176. The monoisotopic (exact) mass is 362 g/mol. The molecular weight excluding hydrogens is 351 g/mol. The minimum absolute atomic E-state index is 0.0184. The maximum absolute atomic E-state index is 14.8. The molecule has 4 rings (SSSR count). The molecule has 0 unspecified atom stereocenters. The van der Waals surface area contributed by atoms with Crippen LogP contribution in [0.5, 0.6) is 5.75 Å². The van der Waals surface area contributed by atoms with Crippen LogP contribution >= 0.6 is 11.6 Å². The smallest absolute Gasteiger partial charge is 0.431 e. The molecule has 0 amide bonds. The summed E-state index contributed by atoms with van der Waals surface area (Å²) in [6, 6.07) is 4.80. The van der Waals surface area contributed by atoms with E-state index in [0.717, 1.165) is 19.0 Å². The van der Waals surface area contributed by atoms with Crippen LogP contribution in [0.15, 0.2) is 41.6 Å². The lowest BCUT2D eigenvalue weighted by Gasteiger charge is -2.11. The molecule has 1 N–H and O–H groups in total. The van der Waals surface area contributed by atoms with Crippen molar-refractivity contribution in [3.8, 4) is 11.4 Å². The Bertz CT molecular complexity index is 1030. The van der Waals surface area contributed by atoms with Crippen LogP contribution in [-0.4, -0.2) is 21.8 Å². The Balaban J connectivity index is 1.78. The van der Waals surface area contributed by atoms with E-state index in [9.17, 15) is 14.0 Å².